The Labute approximate surface area is 85.4 Å². The fourth-order valence-electron chi connectivity index (χ4n) is 3.09. The van der Waals surface area contributed by atoms with Crippen molar-refractivity contribution in [1.29, 1.82) is 0 Å². The highest BCUT2D eigenvalue weighted by Gasteiger charge is 2.36. The van der Waals surface area contributed by atoms with Gasteiger partial charge in [-0.3, -0.25) is 4.79 Å². The van der Waals surface area contributed by atoms with Crippen LogP contribution in [-0.2, 0) is 4.79 Å². The predicted octanol–water partition coefficient (Wildman–Crippen LogP) is 0.888. The van der Waals surface area contributed by atoms with Crippen LogP contribution in [-0.4, -0.2) is 19.0 Å². The van der Waals surface area contributed by atoms with Gasteiger partial charge in [0.05, 0.1) is 0 Å². The standard InChI is InChI=1S/C11H20N2O/c12-7-10(8-3-1-2-4-8)9-5-6-13-11(9)14/h8-10H,1-7,12H2,(H,13,14). The molecule has 2 aliphatic rings. The molecule has 2 atom stereocenters. The molecular formula is C11H20N2O. The van der Waals surface area contributed by atoms with Crippen LogP contribution in [0.2, 0.25) is 0 Å². The van der Waals surface area contributed by atoms with Crippen molar-refractivity contribution in [2.45, 2.75) is 32.1 Å². The first-order valence-corrected chi connectivity index (χ1v) is 5.80. The van der Waals surface area contributed by atoms with Crippen LogP contribution in [0.5, 0.6) is 0 Å². The zero-order valence-corrected chi connectivity index (χ0v) is 8.67. The Morgan fingerprint density at radius 3 is 2.57 bits per heavy atom. The van der Waals surface area contributed by atoms with Gasteiger partial charge in [-0.1, -0.05) is 25.7 Å². The van der Waals surface area contributed by atoms with E-state index in [1.54, 1.807) is 0 Å². The molecule has 1 amide bonds. The lowest BCUT2D eigenvalue weighted by Crippen LogP contribution is -2.34. The molecule has 3 N–H and O–H groups in total. The smallest absolute Gasteiger partial charge is 0.223 e. The first-order chi connectivity index (χ1) is 6.83. The lowest BCUT2D eigenvalue weighted by Gasteiger charge is -2.25. The van der Waals surface area contributed by atoms with Crippen molar-refractivity contribution in [3.05, 3.63) is 0 Å². The second-order valence-electron chi connectivity index (χ2n) is 4.63. The number of hydrogen-bond donors (Lipinski definition) is 2. The summed E-state index contributed by atoms with van der Waals surface area (Å²) in [5.41, 5.74) is 5.81. The number of carbonyl (C=O) groups excluding carboxylic acids is 1. The summed E-state index contributed by atoms with van der Waals surface area (Å²) in [5, 5.41) is 2.91. The highest BCUT2D eigenvalue weighted by molar-refractivity contribution is 5.80. The van der Waals surface area contributed by atoms with Crippen molar-refractivity contribution >= 4 is 5.91 Å². The minimum Gasteiger partial charge on any atom is -0.356 e. The molecule has 1 aliphatic heterocycles. The average Bonchev–Trinajstić information content (AvgIpc) is 2.80. The number of nitrogens with one attached hydrogen (secondary N) is 1. The summed E-state index contributed by atoms with van der Waals surface area (Å²) in [5.74, 6) is 1.62. The molecule has 0 aromatic carbocycles. The van der Waals surface area contributed by atoms with E-state index >= 15 is 0 Å². The van der Waals surface area contributed by atoms with Crippen LogP contribution in [0, 0.1) is 17.8 Å². The molecule has 3 nitrogen and oxygen atoms in total. The SMILES string of the molecule is NCC(C1CCCC1)C1CCNC1=O. The third-order valence-electron chi connectivity index (χ3n) is 3.89. The molecule has 0 aromatic heterocycles. The molecule has 0 aromatic rings. The molecule has 14 heavy (non-hydrogen) atoms. The normalized spacial score (nSPS) is 30.6. The molecular weight excluding hydrogens is 176 g/mol. The molecule has 3 heteroatoms. The van der Waals surface area contributed by atoms with Crippen LogP contribution in [0.15, 0.2) is 0 Å². The fraction of sp³-hybridized carbons (Fsp3) is 0.909. The van der Waals surface area contributed by atoms with Crippen molar-refractivity contribution < 1.29 is 4.79 Å². The largest absolute Gasteiger partial charge is 0.356 e. The summed E-state index contributed by atoms with van der Waals surface area (Å²) in [6, 6.07) is 0. The van der Waals surface area contributed by atoms with E-state index in [9.17, 15) is 4.79 Å². The van der Waals surface area contributed by atoms with E-state index in [1.165, 1.54) is 25.7 Å². The van der Waals surface area contributed by atoms with Gasteiger partial charge in [-0.2, -0.15) is 0 Å². The zero-order valence-electron chi connectivity index (χ0n) is 8.67. The molecule has 1 heterocycles. The van der Waals surface area contributed by atoms with E-state index < -0.39 is 0 Å². The highest BCUT2D eigenvalue weighted by Crippen LogP contribution is 2.36. The maximum atomic E-state index is 11.6. The second-order valence-corrected chi connectivity index (χ2v) is 4.63. The molecule has 0 bridgehead atoms. The summed E-state index contributed by atoms with van der Waals surface area (Å²) in [6.45, 7) is 1.54. The van der Waals surface area contributed by atoms with Gasteiger partial charge in [-0.25, -0.2) is 0 Å². The average molecular weight is 196 g/mol. The van der Waals surface area contributed by atoms with Gasteiger partial charge in [0.1, 0.15) is 0 Å². The summed E-state index contributed by atoms with van der Waals surface area (Å²) in [6.07, 6.45) is 6.22. The van der Waals surface area contributed by atoms with Gasteiger partial charge in [-0.15, -0.1) is 0 Å². The molecule has 1 saturated carbocycles. The van der Waals surface area contributed by atoms with Gasteiger partial charge in [-0.05, 0) is 24.8 Å². The molecule has 80 valence electrons. The third kappa shape index (κ3) is 1.78. The molecule has 2 rings (SSSR count). The Bertz CT molecular complexity index is 211. The summed E-state index contributed by atoms with van der Waals surface area (Å²) in [7, 11) is 0. The summed E-state index contributed by atoms with van der Waals surface area (Å²) in [4.78, 5) is 11.6. The lowest BCUT2D eigenvalue weighted by atomic mass is 9.80. The predicted molar refractivity (Wildman–Crippen MR) is 55.6 cm³/mol. The Hall–Kier alpha value is -0.570. The first kappa shape index (κ1) is 9.97. The second kappa shape index (κ2) is 4.30. The third-order valence-corrected chi connectivity index (χ3v) is 3.89. The van der Waals surface area contributed by atoms with E-state index in [0.29, 0.717) is 18.4 Å². The number of nitrogens with two attached hydrogens (primary N) is 1. The van der Waals surface area contributed by atoms with Crippen LogP contribution >= 0.6 is 0 Å². The molecule has 2 fully saturated rings. The van der Waals surface area contributed by atoms with Crippen molar-refractivity contribution in [1.82, 2.24) is 5.32 Å². The van der Waals surface area contributed by atoms with E-state index in [-0.39, 0.29) is 11.8 Å². The van der Waals surface area contributed by atoms with Gasteiger partial charge in [0.2, 0.25) is 5.91 Å². The van der Waals surface area contributed by atoms with Gasteiger partial charge in [0.25, 0.3) is 0 Å². The van der Waals surface area contributed by atoms with Gasteiger partial charge in [0, 0.05) is 12.5 Å². The zero-order chi connectivity index (χ0) is 9.97. The minimum absolute atomic E-state index is 0.211. The number of rotatable bonds is 3. The molecule has 0 spiro atoms. The van der Waals surface area contributed by atoms with E-state index in [2.05, 4.69) is 5.32 Å². The quantitative estimate of drug-likeness (QED) is 0.704. The van der Waals surface area contributed by atoms with Crippen LogP contribution in [0.4, 0.5) is 0 Å². The number of hydrogen-bond acceptors (Lipinski definition) is 2. The van der Waals surface area contributed by atoms with E-state index in [0.717, 1.165) is 13.0 Å². The lowest BCUT2D eigenvalue weighted by molar-refractivity contribution is -0.124. The van der Waals surface area contributed by atoms with Crippen molar-refractivity contribution in [3.63, 3.8) is 0 Å². The van der Waals surface area contributed by atoms with Crippen molar-refractivity contribution in [3.8, 4) is 0 Å². The maximum absolute atomic E-state index is 11.6. The molecule has 2 unspecified atom stereocenters. The first-order valence-electron chi connectivity index (χ1n) is 5.80. The van der Waals surface area contributed by atoms with Crippen LogP contribution in [0.3, 0.4) is 0 Å². The van der Waals surface area contributed by atoms with Gasteiger partial charge >= 0.3 is 0 Å². The Morgan fingerprint density at radius 2 is 2.07 bits per heavy atom. The van der Waals surface area contributed by atoms with Crippen molar-refractivity contribution in [2.75, 3.05) is 13.1 Å². The van der Waals surface area contributed by atoms with E-state index in [1.807, 2.05) is 0 Å². The topological polar surface area (TPSA) is 55.1 Å². The summed E-state index contributed by atoms with van der Waals surface area (Å²) >= 11 is 0. The fourth-order valence-corrected chi connectivity index (χ4v) is 3.09. The Morgan fingerprint density at radius 1 is 1.36 bits per heavy atom. The van der Waals surface area contributed by atoms with E-state index in [4.69, 9.17) is 5.73 Å². The highest BCUT2D eigenvalue weighted by atomic mass is 16.2. The van der Waals surface area contributed by atoms with Crippen LogP contribution in [0.25, 0.3) is 0 Å². The van der Waals surface area contributed by atoms with Gasteiger partial charge < -0.3 is 11.1 Å². The Kier molecular flexibility index (Phi) is 3.06. The van der Waals surface area contributed by atoms with Crippen LogP contribution in [0.1, 0.15) is 32.1 Å². The molecule has 1 aliphatic carbocycles. The maximum Gasteiger partial charge on any atom is 0.223 e. The number of carbonyl (C=O) groups is 1. The van der Waals surface area contributed by atoms with Crippen molar-refractivity contribution in [2.24, 2.45) is 23.5 Å². The molecule has 0 radical (unpaired) electrons. The monoisotopic (exact) mass is 196 g/mol. The number of amides is 1. The van der Waals surface area contributed by atoms with Crippen LogP contribution < -0.4 is 11.1 Å². The summed E-state index contributed by atoms with van der Waals surface area (Å²) < 4.78 is 0. The molecule has 1 saturated heterocycles. The Balaban J connectivity index is 2.00. The van der Waals surface area contributed by atoms with Gasteiger partial charge in [0.15, 0.2) is 0 Å². The minimum atomic E-state index is 0.211.